The van der Waals surface area contributed by atoms with Crippen LogP contribution < -0.4 is 5.73 Å². The predicted molar refractivity (Wildman–Crippen MR) is 73.7 cm³/mol. The number of anilines is 1. The number of β-amino-alcohol motifs (C(OH)–C–C–N with tert-alkyl or cyclic N) is 1. The van der Waals surface area contributed by atoms with Crippen molar-refractivity contribution in [2.45, 2.75) is 25.2 Å². The monoisotopic (exact) mass is 266 g/mol. The Hall–Kier alpha value is -1.14. The molecule has 1 aromatic carbocycles. The highest BCUT2D eigenvalue weighted by molar-refractivity contribution is 5.47. The van der Waals surface area contributed by atoms with Crippen molar-refractivity contribution in [2.75, 3.05) is 32.0 Å². The van der Waals surface area contributed by atoms with Crippen LogP contribution in [-0.4, -0.2) is 53.6 Å². The average Bonchev–Trinajstić information content (AvgIpc) is 2.41. The van der Waals surface area contributed by atoms with Gasteiger partial charge in [0.2, 0.25) is 0 Å². The van der Waals surface area contributed by atoms with Crippen LogP contribution in [0.2, 0.25) is 0 Å². The van der Waals surface area contributed by atoms with E-state index in [4.69, 9.17) is 15.6 Å². The molecule has 0 spiro atoms. The van der Waals surface area contributed by atoms with E-state index < -0.39 is 6.10 Å². The molecular formula is C14H22N2O3. The van der Waals surface area contributed by atoms with E-state index in [2.05, 4.69) is 11.8 Å². The number of rotatable bonds is 4. The van der Waals surface area contributed by atoms with E-state index in [0.29, 0.717) is 25.4 Å². The van der Waals surface area contributed by atoms with Gasteiger partial charge in [0.15, 0.2) is 0 Å². The van der Waals surface area contributed by atoms with Crippen molar-refractivity contribution in [3.05, 3.63) is 29.8 Å². The predicted octanol–water partition coefficient (Wildman–Crippen LogP) is 0.384. The van der Waals surface area contributed by atoms with Gasteiger partial charge < -0.3 is 20.7 Å². The van der Waals surface area contributed by atoms with Crippen molar-refractivity contribution in [1.82, 2.24) is 4.90 Å². The van der Waals surface area contributed by atoms with Gasteiger partial charge in [0.25, 0.3) is 0 Å². The molecule has 5 nitrogen and oxygen atoms in total. The largest absolute Gasteiger partial charge is 0.398 e. The molecule has 5 heteroatoms. The van der Waals surface area contributed by atoms with Gasteiger partial charge in [-0.25, -0.2) is 0 Å². The molecular weight excluding hydrogens is 244 g/mol. The maximum Gasteiger partial charge on any atom is 0.0936 e. The molecule has 1 aliphatic rings. The van der Waals surface area contributed by atoms with Crippen molar-refractivity contribution < 1.29 is 14.9 Å². The van der Waals surface area contributed by atoms with Crippen molar-refractivity contribution >= 4 is 5.69 Å². The summed E-state index contributed by atoms with van der Waals surface area (Å²) >= 11 is 0. The maximum absolute atomic E-state index is 10.3. The summed E-state index contributed by atoms with van der Waals surface area (Å²) < 4.78 is 5.48. The molecule has 0 bridgehead atoms. The van der Waals surface area contributed by atoms with Gasteiger partial charge in [0.05, 0.1) is 25.4 Å². The SMILES string of the molecule is CC1COC(CO)CN1CC(O)c1ccccc1N. The summed E-state index contributed by atoms with van der Waals surface area (Å²) in [6, 6.07) is 7.58. The molecule has 3 atom stereocenters. The zero-order valence-corrected chi connectivity index (χ0v) is 11.2. The van der Waals surface area contributed by atoms with Crippen LogP contribution in [0.15, 0.2) is 24.3 Å². The van der Waals surface area contributed by atoms with Crippen LogP contribution in [0.3, 0.4) is 0 Å². The Morgan fingerprint density at radius 1 is 1.47 bits per heavy atom. The van der Waals surface area contributed by atoms with Crippen LogP contribution in [0.25, 0.3) is 0 Å². The third-order valence-electron chi connectivity index (χ3n) is 3.60. The minimum Gasteiger partial charge on any atom is -0.398 e. The van der Waals surface area contributed by atoms with Gasteiger partial charge in [-0.3, -0.25) is 4.90 Å². The van der Waals surface area contributed by atoms with Crippen LogP contribution in [0, 0.1) is 0 Å². The number of aliphatic hydroxyl groups is 2. The number of nitrogens with two attached hydrogens (primary N) is 1. The Labute approximate surface area is 113 Å². The van der Waals surface area contributed by atoms with Crippen LogP contribution in [0.1, 0.15) is 18.6 Å². The molecule has 0 aliphatic carbocycles. The lowest BCUT2D eigenvalue weighted by Gasteiger charge is -2.38. The highest BCUT2D eigenvalue weighted by Gasteiger charge is 2.27. The molecule has 0 amide bonds. The fraction of sp³-hybridized carbons (Fsp3) is 0.571. The molecule has 3 unspecified atom stereocenters. The van der Waals surface area contributed by atoms with Gasteiger partial charge >= 0.3 is 0 Å². The molecule has 1 aromatic rings. The number of para-hydroxylation sites is 1. The van der Waals surface area contributed by atoms with Crippen LogP contribution in [0.5, 0.6) is 0 Å². The topological polar surface area (TPSA) is 79.0 Å². The smallest absolute Gasteiger partial charge is 0.0936 e. The number of benzene rings is 1. The standard InChI is InChI=1S/C14H22N2O3/c1-10-9-19-11(8-17)6-16(10)7-14(18)12-4-2-3-5-13(12)15/h2-5,10-11,14,17-18H,6-9,15H2,1H3. The van der Waals surface area contributed by atoms with Gasteiger partial charge in [0, 0.05) is 30.4 Å². The zero-order chi connectivity index (χ0) is 13.8. The molecule has 1 aliphatic heterocycles. The van der Waals surface area contributed by atoms with E-state index in [1.54, 1.807) is 6.07 Å². The summed E-state index contributed by atoms with van der Waals surface area (Å²) in [5.41, 5.74) is 7.23. The van der Waals surface area contributed by atoms with Crippen LogP contribution in [0.4, 0.5) is 5.69 Å². The fourth-order valence-corrected chi connectivity index (χ4v) is 2.37. The second-order valence-corrected chi connectivity index (χ2v) is 5.09. The summed E-state index contributed by atoms with van der Waals surface area (Å²) in [5.74, 6) is 0. The molecule has 4 N–H and O–H groups in total. The Kier molecular flexibility index (Phi) is 4.76. The molecule has 1 heterocycles. The van der Waals surface area contributed by atoms with E-state index in [1.165, 1.54) is 0 Å². The normalized spacial score (nSPS) is 26.3. The number of ether oxygens (including phenoxy) is 1. The molecule has 1 saturated heterocycles. The number of nitrogen functional groups attached to an aromatic ring is 1. The first-order valence-electron chi connectivity index (χ1n) is 6.60. The first-order valence-corrected chi connectivity index (χ1v) is 6.60. The molecule has 19 heavy (non-hydrogen) atoms. The number of nitrogens with zero attached hydrogens (tertiary/aromatic N) is 1. The number of morpholine rings is 1. The lowest BCUT2D eigenvalue weighted by Crippen LogP contribution is -2.50. The zero-order valence-electron chi connectivity index (χ0n) is 11.2. The van der Waals surface area contributed by atoms with Crippen molar-refractivity contribution in [3.8, 4) is 0 Å². The average molecular weight is 266 g/mol. The van der Waals surface area contributed by atoms with E-state index in [0.717, 1.165) is 5.56 Å². The van der Waals surface area contributed by atoms with Gasteiger partial charge in [0.1, 0.15) is 0 Å². The Bertz CT molecular complexity index is 413. The van der Waals surface area contributed by atoms with E-state index in [9.17, 15) is 5.11 Å². The van der Waals surface area contributed by atoms with Crippen LogP contribution in [-0.2, 0) is 4.74 Å². The minimum absolute atomic E-state index is 0.00674. The van der Waals surface area contributed by atoms with Crippen molar-refractivity contribution in [3.63, 3.8) is 0 Å². The molecule has 0 saturated carbocycles. The third kappa shape index (κ3) is 3.45. The number of hydrogen-bond acceptors (Lipinski definition) is 5. The Morgan fingerprint density at radius 2 is 2.21 bits per heavy atom. The Morgan fingerprint density at radius 3 is 2.89 bits per heavy atom. The fourth-order valence-electron chi connectivity index (χ4n) is 2.37. The lowest BCUT2D eigenvalue weighted by molar-refractivity contribution is -0.0868. The summed E-state index contributed by atoms with van der Waals surface area (Å²) in [6.07, 6.45) is -0.794. The second-order valence-electron chi connectivity index (χ2n) is 5.09. The second kappa shape index (κ2) is 6.34. The lowest BCUT2D eigenvalue weighted by atomic mass is 10.1. The summed E-state index contributed by atoms with van der Waals surface area (Å²) in [5, 5.41) is 19.5. The van der Waals surface area contributed by atoms with Gasteiger partial charge in [-0.05, 0) is 13.0 Å². The Balaban J connectivity index is 2.01. The maximum atomic E-state index is 10.3. The molecule has 106 valence electrons. The van der Waals surface area contributed by atoms with E-state index >= 15 is 0 Å². The minimum atomic E-state index is -0.624. The van der Waals surface area contributed by atoms with Crippen molar-refractivity contribution in [1.29, 1.82) is 0 Å². The third-order valence-corrected chi connectivity index (χ3v) is 3.60. The van der Waals surface area contributed by atoms with Gasteiger partial charge in [-0.15, -0.1) is 0 Å². The van der Waals surface area contributed by atoms with Gasteiger partial charge in [-0.2, -0.15) is 0 Å². The number of aliphatic hydroxyl groups excluding tert-OH is 2. The quantitative estimate of drug-likeness (QED) is 0.687. The highest BCUT2D eigenvalue weighted by atomic mass is 16.5. The summed E-state index contributed by atoms with van der Waals surface area (Å²) in [7, 11) is 0. The molecule has 0 radical (unpaired) electrons. The van der Waals surface area contributed by atoms with Crippen LogP contribution >= 0.6 is 0 Å². The molecule has 2 rings (SSSR count). The first-order chi connectivity index (χ1) is 9.11. The molecule has 0 aromatic heterocycles. The van der Waals surface area contributed by atoms with Crippen molar-refractivity contribution in [2.24, 2.45) is 0 Å². The van der Waals surface area contributed by atoms with E-state index in [1.807, 2.05) is 18.2 Å². The highest BCUT2D eigenvalue weighted by Crippen LogP contribution is 2.23. The van der Waals surface area contributed by atoms with E-state index in [-0.39, 0.29) is 18.8 Å². The summed E-state index contributed by atoms with van der Waals surface area (Å²) in [4.78, 5) is 2.13. The molecule has 1 fully saturated rings. The summed E-state index contributed by atoms with van der Waals surface area (Å²) in [6.45, 7) is 3.75. The van der Waals surface area contributed by atoms with Gasteiger partial charge in [-0.1, -0.05) is 18.2 Å². The number of hydrogen-bond donors (Lipinski definition) is 3. The first kappa shape index (κ1) is 14.3.